The molecule has 2 aromatic carbocycles. The van der Waals surface area contributed by atoms with Gasteiger partial charge in [-0.25, -0.2) is 0 Å². The highest BCUT2D eigenvalue weighted by Gasteiger charge is 2.11. The Morgan fingerprint density at radius 3 is 2.64 bits per heavy atom. The molecular weight excluding hydrogens is 321 g/mol. The largest absolute Gasteiger partial charge is 0.504 e. The predicted octanol–water partition coefficient (Wildman–Crippen LogP) is 4.95. The summed E-state index contributed by atoms with van der Waals surface area (Å²) in [6.07, 6.45) is 0. The Hall–Kier alpha value is -1.42. The van der Waals surface area contributed by atoms with Crippen LogP contribution in [0, 0.1) is 0 Å². The molecule has 0 spiro atoms. The number of hydrogen-bond acceptors (Lipinski definition) is 3. The van der Waals surface area contributed by atoms with Crippen molar-refractivity contribution in [1.29, 1.82) is 0 Å². The fraction of sp³-hybridized carbons (Fsp3) is 0.294. The van der Waals surface area contributed by atoms with Crippen LogP contribution in [0.3, 0.4) is 0 Å². The van der Waals surface area contributed by atoms with Crippen LogP contribution in [0.1, 0.15) is 31.0 Å². The molecular formula is C17H19Cl2NO2. The number of phenolic OH excluding ortho intramolecular Hbond substituents is 1. The summed E-state index contributed by atoms with van der Waals surface area (Å²) >= 11 is 12.0. The summed E-state index contributed by atoms with van der Waals surface area (Å²) in [7, 11) is 0. The van der Waals surface area contributed by atoms with Gasteiger partial charge in [-0.15, -0.1) is 0 Å². The molecule has 1 atom stereocenters. The molecule has 2 rings (SSSR count). The van der Waals surface area contributed by atoms with Crippen LogP contribution in [0.25, 0.3) is 0 Å². The minimum atomic E-state index is 0.0740. The Morgan fingerprint density at radius 1 is 1.18 bits per heavy atom. The Kier molecular flexibility index (Phi) is 5.95. The number of para-hydroxylation sites is 1. The molecule has 0 bridgehead atoms. The Balaban J connectivity index is 2.06. The maximum absolute atomic E-state index is 10.2. The molecule has 0 aromatic heterocycles. The number of phenols is 1. The first-order valence-corrected chi connectivity index (χ1v) is 7.90. The molecule has 0 aliphatic rings. The van der Waals surface area contributed by atoms with Gasteiger partial charge >= 0.3 is 0 Å². The van der Waals surface area contributed by atoms with Crippen molar-refractivity contribution in [1.82, 2.24) is 5.32 Å². The first kappa shape index (κ1) is 16.9. The van der Waals surface area contributed by atoms with Crippen molar-refractivity contribution in [3.63, 3.8) is 0 Å². The third-order valence-electron chi connectivity index (χ3n) is 3.42. The maximum Gasteiger partial charge on any atom is 0.162 e. The third kappa shape index (κ3) is 4.07. The Bertz CT molecular complexity index is 647. The minimum Gasteiger partial charge on any atom is -0.504 e. The maximum atomic E-state index is 10.2. The van der Waals surface area contributed by atoms with Crippen molar-refractivity contribution >= 4 is 23.2 Å². The summed E-state index contributed by atoms with van der Waals surface area (Å²) in [6.45, 7) is 4.96. The smallest absolute Gasteiger partial charge is 0.162 e. The van der Waals surface area contributed by atoms with E-state index in [-0.39, 0.29) is 11.8 Å². The second-order valence-electron chi connectivity index (χ2n) is 4.97. The molecule has 22 heavy (non-hydrogen) atoms. The van der Waals surface area contributed by atoms with Crippen LogP contribution >= 0.6 is 23.2 Å². The predicted molar refractivity (Wildman–Crippen MR) is 91.0 cm³/mol. The number of halogens is 2. The second kappa shape index (κ2) is 7.73. The van der Waals surface area contributed by atoms with E-state index in [4.69, 9.17) is 27.9 Å². The van der Waals surface area contributed by atoms with E-state index in [1.807, 2.05) is 38.1 Å². The van der Waals surface area contributed by atoms with Gasteiger partial charge in [0.2, 0.25) is 0 Å². The van der Waals surface area contributed by atoms with Crippen molar-refractivity contribution in [3.05, 3.63) is 57.6 Å². The lowest BCUT2D eigenvalue weighted by Gasteiger charge is -2.16. The number of rotatable bonds is 6. The molecule has 0 heterocycles. The van der Waals surface area contributed by atoms with Gasteiger partial charge in [0.25, 0.3) is 0 Å². The van der Waals surface area contributed by atoms with Gasteiger partial charge in [0.05, 0.1) is 16.7 Å². The van der Waals surface area contributed by atoms with Crippen molar-refractivity contribution in [2.45, 2.75) is 26.4 Å². The number of aromatic hydroxyl groups is 1. The topological polar surface area (TPSA) is 41.5 Å². The van der Waals surface area contributed by atoms with Crippen molar-refractivity contribution in [3.8, 4) is 11.5 Å². The van der Waals surface area contributed by atoms with Gasteiger partial charge < -0.3 is 15.2 Å². The zero-order valence-corrected chi connectivity index (χ0v) is 14.1. The van der Waals surface area contributed by atoms with E-state index in [1.165, 1.54) is 0 Å². The molecule has 1 unspecified atom stereocenters. The molecule has 0 aliphatic carbocycles. The summed E-state index contributed by atoms with van der Waals surface area (Å²) in [5.74, 6) is 0.683. The molecule has 0 amide bonds. The Labute approximate surface area is 140 Å². The van der Waals surface area contributed by atoms with E-state index in [0.717, 1.165) is 11.1 Å². The van der Waals surface area contributed by atoms with Crippen LogP contribution < -0.4 is 10.1 Å². The van der Waals surface area contributed by atoms with E-state index in [1.54, 1.807) is 12.1 Å². The first-order chi connectivity index (χ1) is 10.5. The fourth-order valence-electron chi connectivity index (χ4n) is 2.15. The molecule has 0 fully saturated rings. The summed E-state index contributed by atoms with van der Waals surface area (Å²) in [4.78, 5) is 0. The van der Waals surface area contributed by atoms with E-state index in [2.05, 4.69) is 5.32 Å². The van der Waals surface area contributed by atoms with Crippen LogP contribution in [0.4, 0.5) is 0 Å². The fourth-order valence-corrected chi connectivity index (χ4v) is 2.45. The lowest BCUT2D eigenvalue weighted by atomic mass is 10.1. The first-order valence-electron chi connectivity index (χ1n) is 7.15. The lowest BCUT2D eigenvalue weighted by molar-refractivity contribution is 0.316. The highest BCUT2D eigenvalue weighted by molar-refractivity contribution is 6.42. The molecule has 2 aromatic rings. The average Bonchev–Trinajstić information content (AvgIpc) is 2.51. The van der Waals surface area contributed by atoms with Crippen LogP contribution in [-0.2, 0) is 6.54 Å². The highest BCUT2D eigenvalue weighted by atomic mass is 35.5. The van der Waals surface area contributed by atoms with Gasteiger partial charge in [-0.2, -0.15) is 0 Å². The molecule has 0 saturated carbocycles. The van der Waals surface area contributed by atoms with E-state index in [9.17, 15) is 5.11 Å². The monoisotopic (exact) mass is 339 g/mol. The molecule has 118 valence electrons. The number of hydrogen-bond donors (Lipinski definition) is 2. The van der Waals surface area contributed by atoms with E-state index >= 15 is 0 Å². The molecule has 0 saturated heterocycles. The zero-order chi connectivity index (χ0) is 16.1. The lowest BCUT2D eigenvalue weighted by Crippen LogP contribution is -2.18. The number of ether oxygens (including phenoxy) is 1. The van der Waals surface area contributed by atoms with Crippen molar-refractivity contribution in [2.24, 2.45) is 0 Å². The standard InChI is InChI=1S/C17H19Cl2NO2/c1-3-22-16-6-4-5-13(17(16)21)10-20-11(2)12-7-8-14(18)15(19)9-12/h4-9,11,20-21H,3,10H2,1-2H3. The van der Waals surface area contributed by atoms with Gasteiger partial charge in [0, 0.05) is 18.2 Å². The summed E-state index contributed by atoms with van der Waals surface area (Å²) < 4.78 is 5.39. The minimum absolute atomic E-state index is 0.0740. The number of benzene rings is 2. The normalized spacial score (nSPS) is 12.2. The second-order valence-corrected chi connectivity index (χ2v) is 5.79. The molecule has 3 nitrogen and oxygen atoms in total. The SMILES string of the molecule is CCOc1cccc(CNC(C)c2ccc(Cl)c(Cl)c2)c1O. The summed E-state index contributed by atoms with van der Waals surface area (Å²) in [5.41, 5.74) is 1.83. The molecule has 0 aliphatic heterocycles. The van der Waals surface area contributed by atoms with Crippen LogP contribution in [0.15, 0.2) is 36.4 Å². The summed E-state index contributed by atoms with van der Waals surface area (Å²) in [5, 5.41) is 14.6. The zero-order valence-electron chi connectivity index (χ0n) is 12.6. The highest BCUT2D eigenvalue weighted by Crippen LogP contribution is 2.30. The van der Waals surface area contributed by atoms with E-state index < -0.39 is 0 Å². The van der Waals surface area contributed by atoms with Gasteiger partial charge in [-0.1, -0.05) is 41.4 Å². The Morgan fingerprint density at radius 2 is 1.95 bits per heavy atom. The van der Waals surface area contributed by atoms with Gasteiger partial charge in [0.1, 0.15) is 0 Å². The number of nitrogens with one attached hydrogen (secondary N) is 1. The molecule has 2 N–H and O–H groups in total. The van der Waals surface area contributed by atoms with Crippen LogP contribution in [0.2, 0.25) is 10.0 Å². The van der Waals surface area contributed by atoms with Crippen molar-refractivity contribution < 1.29 is 9.84 Å². The summed E-state index contributed by atoms with van der Waals surface area (Å²) in [6, 6.07) is 11.1. The van der Waals surface area contributed by atoms with Crippen LogP contribution in [-0.4, -0.2) is 11.7 Å². The van der Waals surface area contributed by atoms with Gasteiger partial charge in [-0.05, 0) is 37.6 Å². The van der Waals surface area contributed by atoms with Crippen LogP contribution in [0.5, 0.6) is 11.5 Å². The van der Waals surface area contributed by atoms with Gasteiger partial charge in [-0.3, -0.25) is 0 Å². The van der Waals surface area contributed by atoms with E-state index in [0.29, 0.717) is 28.9 Å². The van der Waals surface area contributed by atoms with Gasteiger partial charge in [0.15, 0.2) is 11.5 Å². The molecule has 0 radical (unpaired) electrons. The molecule has 5 heteroatoms. The third-order valence-corrected chi connectivity index (χ3v) is 4.16. The quantitative estimate of drug-likeness (QED) is 0.782. The van der Waals surface area contributed by atoms with Crippen molar-refractivity contribution in [2.75, 3.05) is 6.61 Å². The average molecular weight is 340 g/mol.